The highest BCUT2D eigenvalue weighted by Gasteiger charge is 2.46. The molecule has 4 nitrogen and oxygen atoms in total. The Kier molecular flexibility index (Phi) is 3.84. The lowest BCUT2D eigenvalue weighted by atomic mass is 10.0. The average Bonchev–Trinajstić information content (AvgIpc) is 2.72. The molecule has 0 spiro atoms. The van der Waals surface area contributed by atoms with E-state index in [1.54, 1.807) is 11.4 Å². The third-order valence-corrected chi connectivity index (χ3v) is 6.41. The van der Waals surface area contributed by atoms with Crippen LogP contribution >= 0.6 is 0 Å². The highest BCUT2D eigenvalue weighted by atomic mass is 32.2. The number of methoxy groups -OCH3 is 1. The molecule has 3 rings (SSSR count). The zero-order valence-electron chi connectivity index (χ0n) is 11.7. The molecule has 20 heavy (non-hydrogen) atoms. The lowest BCUT2D eigenvalue weighted by Crippen LogP contribution is -2.48. The van der Waals surface area contributed by atoms with E-state index >= 15 is 0 Å². The van der Waals surface area contributed by atoms with Crippen molar-refractivity contribution >= 4 is 10.0 Å². The molecule has 0 saturated carbocycles. The van der Waals surface area contributed by atoms with Gasteiger partial charge in [-0.3, -0.25) is 0 Å². The Morgan fingerprint density at radius 3 is 2.30 bits per heavy atom. The lowest BCUT2D eigenvalue weighted by Gasteiger charge is -2.37. The molecule has 2 unspecified atom stereocenters. The molecule has 2 fully saturated rings. The Morgan fingerprint density at radius 1 is 1.15 bits per heavy atom. The second-order valence-corrected chi connectivity index (χ2v) is 7.66. The van der Waals surface area contributed by atoms with Crippen molar-refractivity contribution in [1.82, 2.24) is 4.31 Å². The van der Waals surface area contributed by atoms with Gasteiger partial charge in [-0.25, -0.2) is 8.42 Å². The minimum atomic E-state index is -3.23. The fourth-order valence-electron chi connectivity index (χ4n) is 3.59. The van der Waals surface area contributed by atoms with Gasteiger partial charge in [0.05, 0.1) is 11.9 Å². The number of benzene rings is 1. The Hall–Kier alpha value is -0.910. The summed E-state index contributed by atoms with van der Waals surface area (Å²) in [5.74, 6) is 0.110. The van der Waals surface area contributed by atoms with Crippen LogP contribution in [-0.2, 0) is 20.5 Å². The van der Waals surface area contributed by atoms with Gasteiger partial charge in [0, 0.05) is 19.2 Å². The van der Waals surface area contributed by atoms with Crippen LogP contribution in [0.15, 0.2) is 30.3 Å². The Morgan fingerprint density at radius 2 is 1.75 bits per heavy atom. The van der Waals surface area contributed by atoms with E-state index in [1.807, 2.05) is 30.3 Å². The molecule has 1 aromatic rings. The average molecular weight is 295 g/mol. The van der Waals surface area contributed by atoms with Crippen LogP contribution in [-0.4, -0.2) is 38.0 Å². The summed E-state index contributed by atoms with van der Waals surface area (Å²) in [5.41, 5.74) is 0.862. The second kappa shape index (κ2) is 5.47. The molecule has 0 radical (unpaired) electrons. The smallest absolute Gasteiger partial charge is 0.218 e. The molecule has 2 aliphatic rings. The van der Waals surface area contributed by atoms with Gasteiger partial charge in [-0.2, -0.15) is 4.31 Å². The van der Waals surface area contributed by atoms with E-state index in [0.29, 0.717) is 0 Å². The molecular weight excluding hydrogens is 274 g/mol. The summed E-state index contributed by atoms with van der Waals surface area (Å²) < 4.78 is 32.6. The molecule has 2 bridgehead atoms. The van der Waals surface area contributed by atoms with E-state index in [0.717, 1.165) is 31.2 Å². The van der Waals surface area contributed by atoms with Gasteiger partial charge in [0.1, 0.15) is 0 Å². The molecule has 110 valence electrons. The van der Waals surface area contributed by atoms with Crippen molar-refractivity contribution in [3.63, 3.8) is 0 Å². The minimum Gasteiger partial charge on any atom is -0.381 e. The van der Waals surface area contributed by atoms with Gasteiger partial charge >= 0.3 is 0 Å². The molecular formula is C15H21NO3S. The topological polar surface area (TPSA) is 46.6 Å². The first kappa shape index (κ1) is 14.0. The number of piperidine rings is 1. The minimum absolute atomic E-state index is 0.110. The van der Waals surface area contributed by atoms with Gasteiger partial charge in [0.2, 0.25) is 10.0 Å². The number of rotatable bonds is 4. The van der Waals surface area contributed by atoms with E-state index in [-0.39, 0.29) is 23.9 Å². The second-order valence-electron chi connectivity index (χ2n) is 5.79. The predicted octanol–water partition coefficient (Wildman–Crippen LogP) is 2.16. The standard InChI is InChI=1S/C15H21NO3S/c1-19-15-9-13-7-8-14(10-15)16(13)20(17,18)11-12-5-3-2-4-6-12/h2-6,13-15H,7-11H2,1H3. The van der Waals surface area contributed by atoms with Gasteiger partial charge in [-0.05, 0) is 31.2 Å². The molecule has 5 heteroatoms. The van der Waals surface area contributed by atoms with Crippen molar-refractivity contribution in [2.45, 2.75) is 49.6 Å². The van der Waals surface area contributed by atoms with Gasteiger partial charge in [-0.1, -0.05) is 30.3 Å². The highest BCUT2D eigenvalue weighted by Crippen LogP contribution is 2.39. The number of hydrogen-bond acceptors (Lipinski definition) is 3. The van der Waals surface area contributed by atoms with Crippen LogP contribution in [0.1, 0.15) is 31.2 Å². The monoisotopic (exact) mass is 295 g/mol. The number of ether oxygens (including phenoxy) is 1. The molecule has 1 aromatic carbocycles. The van der Waals surface area contributed by atoms with Gasteiger partial charge in [0.15, 0.2) is 0 Å². The number of hydrogen-bond donors (Lipinski definition) is 0. The summed E-state index contributed by atoms with van der Waals surface area (Å²) in [6.45, 7) is 0. The van der Waals surface area contributed by atoms with Crippen LogP contribution in [0, 0.1) is 0 Å². The molecule has 0 aromatic heterocycles. The molecule has 2 saturated heterocycles. The first-order valence-electron chi connectivity index (χ1n) is 7.18. The van der Waals surface area contributed by atoms with Crippen molar-refractivity contribution < 1.29 is 13.2 Å². The van der Waals surface area contributed by atoms with Crippen molar-refractivity contribution in [1.29, 1.82) is 0 Å². The number of nitrogens with zero attached hydrogens (tertiary/aromatic N) is 1. The number of fused-ring (bicyclic) bond motifs is 2. The largest absolute Gasteiger partial charge is 0.381 e. The molecule has 2 aliphatic heterocycles. The summed E-state index contributed by atoms with van der Waals surface area (Å²) in [5, 5.41) is 0. The maximum atomic E-state index is 12.7. The van der Waals surface area contributed by atoms with Gasteiger partial charge in [-0.15, -0.1) is 0 Å². The van der Waals surface area contributed by atoms with Crippen LogP contribution in [0.4, 0.5) is 0 Å². The van der Waals surface area contributed by atoms with E-state index in [1.165, 1.54) is 0 Å². The molecule has 0 aliphatic carbocycles. The van der Waals surface area contributed by atoms with E-state index < -0.39 is 10.0 Å². The van der Waals surface area contributed by atoms with Gasteiger partial charge in [0.25, 0.3) is 0 Å². The first-order chi connectivity index (χ1) is 9.60. The van der Waals surface area contributed by atoms with E-state index in [4.69, 9.17) is 4.74 Å². The van der Waals surface area contributed by atoms with Crippen LogP contribution < -0.4 is 0 Å². The van der Waals surface area contributed by atoms with E-state index in [2.05, 4.69) is 0 Å². The molecule has 0 amide bonds. The van der Waals surface area contributed by atoms with Crippen molar-refractivity contribution in [2.75, 3.05) is 7.11 Å². The summed E-state index contributed by atoms with van der Waals surface area (Å²) in [6.07, 6.45) is 3.83. The zero-order chi connectivity index (χ0) is 14.2. The SMILES string of the molecule is COC1CC2CCC(C1)N2S(=O)(=O)Cc1ccccc1. The normalized spacial score (nSPS) is 30.6. The maximum absolute atomic E-state index is 12.7. The van der Waals surface area contributed by atoms with Crippen molar-refractivity contribution in [3.05, 3.63) is 35.9 Å². The van der Waals surface area contributed by atoms with Crippen molar-refractivity contribution in [2.24, 2.45) is 0 Å². The van der Waals surface area contributed by atoms with Crippen LogP contribution in [0.2, 0.25) is 0 Å². The van der Waals surface area contributed by atoms with Gasteiger partial charge < -0.3 is 4.74 Å². The highest BCUT2D eigenvalue weighted by molar-refractivity contribution is 7.88. The fraction of sp³-hybridized carbons (Fsp3) is 0.600. The Labute approximate surface area is 120 Å². The van der Waals surface area contributed by atoms with Crippen LogP contribution in [0.5, 0.6) is 0 Å². The first-order valence-corrected chi connectivity index (χ1v) is 8.79. The predicted molar refractivity (Wildman–Crippen MR) is 77.7 cm³/mol. The summed E-state index contributed by atoms with van der Waals surface area (Å²) in [6, 6.07) is 9.69. The van der Waals surface area contributed by atoms with Crippen LogP contribution in [0.3, 0.4) is 0 Å². The lowest BCUT2D eigenvalue weighted by molar-refractivity contribution is 0.0349. The summed E-state index contributed by atoms with van der Waals surface area (Å²) in [4.78, 5) is 0. The molecule has 2 heterocycles. The van der Waals surface area contributed by atoms with E-state index in [9.17, 15) is 8.42 Å². The number of sulfonamides is 1. The van der Waals surface area contributed by atoms with Crippen molar-refractivity contribution in [3.8, 4) is 0 Å². The Bertz CT molecular complexity index is 544. The summed E-state index contributed by atoms with van der Waals surface area (Å²) >= 11 is 0. The molecule has 2 atom stereocenters. The molecule has 0 N–H and O–H groups in total. The zero-order valence-corrected chi connectivity index (χ0v) is 12.6. The maximum Gasteiger partial charge on any atom is 0.218 e. The fourth-order valence-corrected chi connectivity index (χ4v) is 5.64. The third-order valence-electron chi connectivity index (χ3n) is 4.47. The van der Waals surface area contributed by atoms with Crippen LogP contribution in [0.25, 0.3) is 0 Å². The Balaban J connectivity index is 1.79. The summed E-state index contributed by atoms with van der Waals surface area (Å²) in [7, 11) is -1.51. The quantitative estimate of drug-likeness (QED) is 0.855. The third kappa shape index (κ3) is 2.62.